The minimum atomic E-state index is -0.510. The Morgan fingerprint density at radius 3 is 2.77 bits per heavy atom. The zero-order valence-electron chi connectivity index (χ0n) is 13.7. The molecule has 0 radical (unpaired) electrons. The summed E-state index contributed by atoms with van der Waals surface area (Å²) in [6.45, 7) is 9.42. The number of halogens is 1. The van der Waals surface area contributed by atoms with Crippen LogP contribution < -0.4 is 10.5 Å². The zero-order chi connectivity index (χ0) is 16.5. The van der Waals surface area contributed by atoms with Crippen molar-refractivity contribution in [3.63, 3.8) is 0 Å². The summed E-state index contributed by atoms with van der Waals surface area (Å²) in [5.41, 5.74) is 7.22. The van der Waals surface area contributed by atoms with E-state index in [0.29, 0.717) is 18.8 Å². The van der Waals surface area contributed by atoms with Crippen molar-refractivity contribution in [2.45, 2.75) is 46.3 Å². The Morgan fingerprint density at radius 1 is 1.50 bits per heavy atom. The van der Waals surface area contributed by atoms with Gasteiger partial charge >= 0.3 is 0 Å². The first-order valence-corrected chi connectivity index (χ1v) is 8.47. The average molecular weight is 369 g/mol. The highest BCUT2D eigenvalue weighted by Gasteiger charge is 2.36. The molecule has 4 nitrogen and oxygen atoms in total. The van der Waals surface area contributed by atoms with Crippen molar-refractivity contribution in [3.8, 4) is 5.75 Å². The number of likely N-dealkylation sites (tertiary alicyclic amines) is 1. The molecule has 5 heteroatoms. The van der Waals surface area contributed by atoms with Gasteiger partial charge in [0, 0.05) is 19.1 Å². The van der Waals surface area contributed by atoms with Gasteiger partial charge in [-0.2, -0.15) is 0 Å². The molecule has 0 saturated carbocycles. The Balaban J connectivity index is 2.03. The van der Waals surface area contributed by atoms with E-state index < -0.39 is 6.10 Å². The van der Waals surface area contributed by atoms with Gasteiger partial charge in [0.1, 0.15) is 5.75 Å². The van der Waals surface area contributed by atoms with Crippen LogP contribution in [0.25, 0.3) is 0 Å². The molecule has 1 aromatic carbocycles. The number of nitrogens with two attached hydrogens (primary N) is 1. The van der Waals surface area contributed by atoms with E-state index in [9.17, 15) is 4.79 Å². The lowest BCUT2D eigenvalue weighted by Crippen LogP contribution is -2.56. The lowest BCUT2D eigenvalue weighted by Gasteiger charge is -2.43. The maximum Gasteiger partial charge on any atom is 0.263 e. The van der Waals surface area contributed by atoms with Crippen molar-refractivity contribution in [1.29, 1.82) is 0 Å². The van der Waals surface area contributed by atoms with Crippen LogP contribution in [-0.4, -0.2) is 36.0 Å². The van der Waals surface area contributed by atoms with Crippen molar-refractivity contribution < 1.29 is 9.53 Å². The molecule has 0 aromatic heterocycles. The van der Waals surface area contributed by atoms with Gasteiger partial charge in [-0.25, -0.2) is 0 Å². The number of nitrogens with zero attached hydrogens (tertiary/aromatic N) is 1. The lowest BCUT2D eigenvalue weighted by molar-refractivity contribution is -0.141. The largest absolute Gasteiger partial charge is 0.480 e. The van der Waals surface area contributed by atoms with Crippen molar-refractivity contribution >= 4 is 21.8 Å². The van der Waals surface area contributed by atoms with Gasteiger partial charge < -0.3 is 15.4 Å². The highest BCUT2D eigenvalue weighted by molar-refractivity contribution is 9.10. The van der Waals surface area contributed by atoms with E-state index in [1.807, 2.05) is 30.0 Å². The molecule has 2 atom stereocenters. The molecule has 1 aliphatic heterocycles. The van der Waals surface area contributed by atoms with Crippen LogP contribution >= 0.6 is 15.9 Å². The molecule has 122 valence electrons. The molecule has 1 aliphatic rings. The van der Waals surface area contributed by atoms with Crippen LogP contribution in [-0.2, 0) is 4.79 Å². The van der Waals surface area contributed by atoms with Gasteiger partial charge in [-0.1, -0.05) is 19.9 Å². The van der Waals surface area contributed by atoms with Gasteiger partial charge in [-0.15, -0.1) is 0 Å². The molecule has 1 heterocycles. The summed E-state index contributed by atoms with van der Waals surface area (Å²) < 4.78 is 6.71. The van der Waals surface area contributed by atoms with E-state index in [-0.39, 0.29) is 17.4 Å². The number of hydrogen-bond acceptors (Lipinski definition) is 3. The van der Waals surface area contributed by atoms with Gasteiger partial charge in [-0.05, 0) is 59.3 Å². The second-order valence-electron chi connectivity index (χ2n) is 6.84. The number of amides is 1. The predicted molar refractivity (Wildman–Crippen MR) is 91.9 cm³/mol. The number of benzene rings is 1. The van der Waals surface area contributed by atoms with Crippen LogP contribution in [0.5, 0.6) is 5.75 Å². The highest BCUT2D eigenvalue weighted by Crippen LogP contribution is 2.30. The zero-order valence-corrected chi connectivity index (χ0v) is 15.3. The van der Waals surface area contributed by atoms with Gasteiger partial charge in [0.2, 0.25) is 0 Å². The minimum Gasteiger partial charge on any atom is -0.480 e. The quantitative estimate of drug-likeness (QED) is 0.891. The number of aryl methyl sites for hydroxylation is 1. The molecule has 0 spiro atoms. The lowest BCUT2D eigenvalue weighted by atomic mass is 9.79. The van der Waals surface area contributed by atoms with Crippen molar-refractivity contribution in [1.82, 2.24) is 4.90 Å². The van der Waals surface area contributed by atoms with E-state index in [1.54, 1.807) is 6.92 Å². The van der Waals surface area contributed by atoms with Crippen LogP contribution in [0.2, 0.25) is 0 Å². The second kappa shape index (κ2) is 6.59. The van der Waals surface area contributed by atoms with E-state index in [2.05, 4.69) is 29.8 Å². The molecular formula is C17H25BrN2O2. The molecule has 1 saturated heterocycles. The summed E-state index contributed by atoms with van der Waals surface area (Å²) in [5, 5.41) is 0. The standard InChI is InChI=1S/C17H25BrN2O2/c1-11-5-6-14(13(18)9-11)22-12(2)16(21)20-8-7-15(19)17(3,4)10-20/h5-6,9,12,15H,7-8,10,19H2,1-4H3. The summed E-state index contributed by atoms with van der Waals surface area (Å²) >= 11 is 3.48. The monoisotopic (exact) mass is 368 g/mol. The normalized spacial score (nSPS) is 22.3. The predicted octanol–water partition coefficient (Wildman–Crippen LogP) is 3.11. The van der Waals surface area contributed by atoms with Gasteiger partial charge in [0.15, 0.2) is 6.10 Å². The second-order valence-corrected chi connectivity index (χ2v) is 7.69. The smallest absolute Gasteiger partial charge is 0.263 e. The summed E-state index contributed by atoms with van der Waals surface area (Å²) in [5.74, 6) is 0.715. The Hall–Kier alpha value is -1.07. The molecule has 0 aliphatic carbocycles. The Morgan fingerprint density at radius 2 is 2.18 bits per heavy atom. The third kappa shape index (κ3) is 3.82. The summed E-state index contributed by atoms with van der Waals surface area (Å²) in [6.07, 6.45) is 0.323. The molecular weight excluding hydrogens is 344 g/mol. The summed E-state index contributed by atoms with van der Waals surface area (Å²) in [7, 11) is 0. The Bertz CT molecular complexity index is 560. The molecule has 1 aromatic rings. The average Bonchev–Trinajstić information content (AvgIpc) is 2.44. The van der Waals surface area contributed by atoms with E-state index in [0.717, 1.165) is 16.5 Å². The van der Waals surface area contributed by atoms with Crippen LogP contribution in [0.1, 0.15) is 32.8 Å². The topological polar surface area (TPSA) is 55.6 Å². The highest BCUT2D eigenvalue weighted by atomic mass is 79.9. The maximum atomic E-state index is 12.6. The van der Waals surface area contributed by atoms with Crippen molar-refractivity contribution in [2.75, 3.05) is 13.1 Å². The summed E-state index contributed by atoms with van der Waals surface area (Å²) in [4.78, 5) is 14.5. The number of carbonyl (C=O) groups is 1. The first kappa shape index (κ1) is 17.3. The number of rotatable bonds is 3. The number of carbonyl (C=O) groups excluding carboxylic acids is 1. The first-order valence-electron chi connectivity index (χ1n) is 7.68. The third-order valence-corrected chi connectivity index (χ3v) is 4.98. The maximum absolute atomic E-state index is 12.6. The van der Waals surface area contributed by atoms with Crippen molar-refractivity contribution in [3.05, 3.63) is 28.2 Å². The third-order valence-electron chi connectivity index (χ3n) is 4.36. The first-order chi connectivity index (χ1) is 10.2. The van der Waals surface area contributed by atoms with Gasteiger partial charge in [-0.3, -0.25) is 4.79 Å². The number of piperidine rings is 1. The number of ether oxygens (including phenoxy) is 1. The Labute approximate surface area is 141 Å². The molecule has 1 fully saturated rings. The Kier molecular flexibility index (Phi) is 5.17. The van der Waals surface area contributed by atoms with Gasteiger partial charge in [0.05, 0.1) is 4.47 Å². The van der Waals surface area contributed by atoms with Gasteiger partial charge in [0.25, 0.3) is 5.91 Å². The van der Waals surface area contributed by atoms with Crippen molar-refractivity contribution in [2.24, 2.45) is 11.1 Å². The number of hydrogen-bond donors (Lipinski definition) is 1. The molecule has 2 N–H and O–H groups in total. The van der Waals surface area contributed by atoms with E-state index in [1.165, 1.54) is 0 Å². The van der Waals surface area contributed by atoms with Crippen LogP contribution in [0, 0.1) is 12.3 Å². The molecule has 2 rings (SSSR count). The fraction of sp³-hybridized carbons (Fsp3) is 0.588. The van der Waals surface area contributed by atoms with Crippen LogP contribution in [0.15, 0.2) is 22.7 Å². The summed E-state index contributed by atoms with van der Waals surface area (Å²) in [6, 6.07) is 5.98. The SMILES string of the molecule is Cc1ccc(OC(C)C(=O)N2CCC(N)C(C)(C)C2)c(Br)c1. The van der Waals surface area contributed by atoms with E-state index >= 15 is 0 Å². The fourth-order valence-corrected chi connectivity index (χ4v) is 3.35. The van der Waals surface area contributed by atoms with Crippen LogP contribution in [0.3, 0.4) is 0 Å². The fourth-order valence-electron chi connectivity index (χ4n) is 2.76. The molecule has 0 bridgehead atoms. The van der Waals surface area contributed by atoms with Crippen LogP contribution in [0.4, 0.5) is 0 Å². The molecule has 2 unspecified atom stereocenters. The molecule has 22 heavy (non-hydrogen) atoms. The minimum absolute atomic E-state index is 0.0208. The van der Waals surface area contributed by atoms with E-state index in [4.69, 9.17) is 10.5 Å². The molecule has 1 amide bonds.